The average molecular weight is 394 g/mol. The molecule has 1 aromatic heterocycles. The van der Waals surface area contributed by atoms with Crippen molar-refractivity contribution >= 4 is 15.9 Å². The summed E-state index contributed by atoms with van der Waals surface area (Å²) in [5.41, 5.74) is 4.15. The van der Waals surface area contributed by atoms with Gasteiger partial charge >= 0.3 is 6.18 Å². The number of hydrogen-bond acceptors (Lipinski definition) is 5. The summed E-state index contributed by atoms with van der Waals surface area (Å²) in [5, 5.41) is 2.65. The minimum Gasteiger partial charge on any atom is -0.354 e. The number of nitrogens with zero attached hydrogens (tertiary/aromatic N) is 2. The van der Waals surface area contributed by atoms with Gasteiger partial charge in [-0.25, -0.2) is 8.42 Å². The van der Waals surface area contributed by atoms with Crippen molar-refractivity contribution in [1.82, 2.24) is 14.6 Å². The number of carbonyl (C=O) groups excluding carboxylic acids is 1. The molecule has 0 spiro atoms. The Morgan fingerprint density at radius 1 is 1.35 bits per heavy atom. The van der Waals surface area contributed by atoms with Crippen LogP contribution in [0.1, 0.15) is 31.4 Å². The van der Waals surface area contributed by atoms with Crippen LogP contribution in [0.25, 0.3) is 0 Å². The Morgan fingerprint density at radius 2 is 2.08 bits per heavy atom. The molecule has 1 saturated heterocycles. The van der Waals surface area contributed by atoms with E-state index >= 15 is 0 Å². The SMILES string of the molecule is NCCC(=O)NCC1CCCCN1S(=O)(=O)c1ccc(C(F)(F)F)nc1. The highest BCUT2D eigenvalue weighted by Crippen LogP contribution is 2.29. The Kier molecular flexibility index (Phi) is 6.58. The number of amides is 1. The predicted molar refractivity (Wildman–Crippen MR) is 87.5 cm³/mol. The molecule has 11 heteroatoms. The van der Waals surface area contributed by atoms with Gasteiger partial charge in [0.1, 0.15) is 10.6 Å². The van der Waals surface area contributed by atoms with Crippen LogP contribution in [0.2, 0.25) is 0 Å². The number of piperidine rings is 1. The molecule has 26 heavy (non-hydrogen) atoms. The Labute approximate surface area is 149 Å². The third-order valence-electron chi connectivity index (χ3n) is 4.11. The van der Waals surface area contributed by atoms with Gasteiger partial charge in [-0.15, -0.1) is 0 Å². The van der Waals surface area contributed by atoms with Gasteiger partial charge in [0.15, 0.2) is 0 Å². The third-order valence-corrected chi connectivity index (χ3v) is 6.05. The fraction of sp³-hybridized carbons (Fsp3) is 0.600. The highest BCUT2D eigenvalue weighted by Gasteiger charge is 2.36. The van der Waals surface area contributed by atoms with Crippen LogP contribution < -0.4 is 11.1 Å². The molecule has 1 aliphatic heterocycles. The van der Waals surface area contributed by atoms with E-state index in [9.17, 15) is 26.4 Å². The van der Waals surface area contributed by atoms with Gasteiger partial charge in [0.2, 0.25) is 15.9 Å². The monoisotopic (exact) mass is 394 g/mol. The van der Waals surface area contributed by atoms with Gasteiger partial charge in [0.05, 0.1) is 0 Å². The molecule has 3 N–H and O–H groups in total. The summed E-state index contributed by atoms with van der Waals surface area (Å²) >= 11 is 0. The summed E-state index contributed by atoms with van der Waals surface area (Å²) in [5.74, 6) is -0.272. The smallest absolute Gasteiger partial charge is 0.354 e. The Hall–Kier alpha value is -1.72. The quantitative estimate of drug-likeness (QED) is 0.752. The molecule has 0 radical (unpaired) electrons. The molecule has 7 nitrogen and oxygen atoms in total. The number of aromatic nitrogens is 1. The zero-order valence-corrected chi connectivity index (χ0v) is 14.8. The van der Waals surface area contributed by atoms with E-state index in [-0.39, 0.29) is 36.9 Å². The van der Waals surface area contributed by atoms with E-state index in [0.717, 1.165) is 18.7 Å². The molecule has 1 fully saturated rings. The molecule has 2 rings (SSSR count). The van der Waals surface area contributed by atoms with Crippen LogP contribution in [0.15, 0.2) is 23.2 Å². The maximum absolute atomic E-state index is 12.8. The number of halogens is 3. The molecule has 0 bridgehead atoms. The third kappa shape index (κ3) is 4.92. The number of sulfonamides is 1. The van der Waals surface area contributed by atoms with Crippen molar-refractivity contribution in [2.24, 2.45) is 5.73 Å². The van der Waals surface area contributed by atoms with Crippen LogP contribution in [0.4, 0.5) is 13.2 Å². The van der Waals surface area contributed by atoms with Crippen molar-refractivity contribution in [1.29, 1.82) is 0 Å². The van der Waals surface area contributed by atoms with Crippen molar-refractivity contribution < 1.29 is 26.4 Å². The van der Waals surface area contributed by atoms with Crippen LogP contribution in [0.3, 0.4) is 0 Å². The van der Waals surface area contributed by atoms with E-state index in [1.165, 1.54) is 4.31 Å². The molecule has 1 atom stereocenters. The van der Waals surface area contributed by atoms with E-state index in [2.05, 4.69) is 10.3 Å². The van der Waals surface area contributed by atoms with Crippen molar-refractivity contribution in [3.63, 3.8) is 0 Å². The van der Waals surface area contributed by atoms with Crippen molar-refractivity contribution in [3.05, 3.63) is 24.0 Å². The summed E-state index contributed by atoms with van der Waals surface area (Å²) in [6.07, 6.45) is -1.78. The number of alkyl halides is 3. The van der Waals surface area contributed by atoms with Gasteiger partial charge < -0.3 is 11.1 Å². The minimum absolute atomic E-state index is 0.131. The molecule has 0 aromatic carbocycles. The van der Waals surface area contributed by atoms with E-state index < -0.39 is 27.9 Å². The summed E-state index contributed by atoms with van der Waals surface area (Å²) in [7, 11) is -4.01. The summed E-state index contributed by atoms with van der Waals surface area (Å²) in [4.78, 5) is 14.5. The first-order valence-electron chi connectivity index (χ1n) is 8.18. The van der Waals surface area contributed by atoms with Gasteiger partial charge in [-0.1, -0.05) is 6.42 Å². The van der Waals surface area contributed by atoms with Crippen molar-refractivity contribution in [2.45, 2.75) is 42.8 Å². The second-order valence-corrected chi connectivity index (χ2v) is 7.88. The van der Waals surface area contributed by atoms with E-state index in [1.54, 1.807) is 0 Å². The lowest BCUT2D eigenvalue weighted by molar-refractivity contribution is -0.141. The topological polar surface area (TPSA) is 105 Å². The molecule has 0 saturated carbocycles. The lowest BCUT2D eigenvalue weighted by Crippen LogP contribution is -2.49. The number of nitrogens with two attached hydrogens (primary N) is 1. The second kappa shape index (κ2) is 8.31. The number of carbonyl (C=O) groups is 1. The van der Waals surface area contributed by atoms with Crippen LogP contribution in [-0.4, -0.2) is 49.3 Å². The molecule has 1 aliphatic rings. The normalized spacial score (nSPS) is 19.3. The standard InChI is InChI=1S/C15H21F3N4O3S/c16-15(17,18)13-5-4-12(10-20-13)26(24,25)22-8-2-1-3-11(22)9-21-14(23)6-7-19/h4-5,10-11H,1-3,6-9,19H2,(H,21,23). The molecule has 1 amide bonds. The Balaban J connectivity index is 2.17. The number of rotatable bonds is 6. The fourth-order valence-electron chi connectivity index (χ4n) is 2.78. The number of nitrogens with one attached hydrogen (secondary N) is 1. The summed E-state index contributed by atoms with van der Waals surface area (Å²) < 4.78 is 64.6. The molecule has 1 aromatic rings. The van der Waals surface area contributed by atoms with E-state index in [0.29, 0.717) is 18.9 Å². The van der Waals surface area contributed by atoms with Crippen LogP contribution in [0, 0.1) is 0 Å². The molecule has 0 aliphatic carbocycles. The van der Waals surface area contributed by atoms with Crippen molar-refractivity contribution in [3.8, 4) is 0 Å². The van der Waals surface area contributed by atoms with Crippen LogP contribution >= 0.6 is 0 Å². The Bertz CT molecular complexity index is 723. The van der Waals surface area contributed by atoms with Gasteiger partial charge in [0, 0.05) is 38.3 Å². The first-order valence-corrected chi connectivity index (χ1v) is 9.62. The van der Waals surface area contributed by atoms with Crippen LogP contribution in [-0.2, 0) is 21.0 Å². The van der Waals surface area contributed by atoms with Gasteiger partial charge in [0.25, 0.3) is 0 Å². The Morgan fingerprint density at radius 3 is 2.65 bits per heavy atom. The molecular weight excluding hydrogens is 373 g/mol. The first-order chi connectivity index (χ1) is 12.2. The van der Waals surface area contributed by atoms with E-state index in [1.807, 2.05) is 0 Å². The van der Waals surface area contributed by atoms with Gasteiger partial charge in [-0.3, -0.25) is 9.78 Å². The van der Waals surface area contributed by atoms with Gasteiger partial charge in [-0.05, 0) is 25.0 Å². The first kappa shape index (κ1) is 20.6. The summed E-state index contributed by atoms with van der Waals surface area (Å²) in [6.45, 7) is 0.558. The second-order valence-electron chi connectivity index (χ2n) is 5.99. The largest absolute Gasteiger partial charge is 0.433 e. The fourth-order valence-corrected chi connectivity index (χ4v) is 4.42. The molecular formula is C15H21F3N4O3S. The molecule has 2 heterocycles. The highest BCUT2D eigenvalue weighted by atomic mass is 32.2. The van der Waals surface area contributed by atoms with Gasteiger partial charge in [-0.2, -0.15) is 17.5 Å². The number of hydrogen-bond donors (Lipinski definition) is 2. The minimum atomic E-state index is -4.64. The van der Waals surface area contributed by atoms with Crippen molar-refractivity contribution in [2.75, 3.05) is 19.6 Å². The van der Waals surface area contributed by atoms with E-state index in [4.69, 9.17) is 5.73 Å². The van der Waals surface area contributed by atoms with Crippen LogP contribution in [0.5, 0.6) is 0 Å². The highest BCUT2D eigenvalue weighted by molar-refractivity contribution is 7.89. The molecule has 1 unspecified atom stereocenters. The maximum Gasteiger partial charge on any atom is 0.433 e. The maximum atomic E-state index is 12.8. The lowest BCUT2D eigenvalue weighted by atomic mass is 10.1. The summed E-state index contributed by atoms with van der Waals surface area (Å²) in [6, 6.07) is 1.09. The average Bonchev–Trinajstić information content (AvgIpc) is 2.60. The lowest BCUT2D eigenvalue weighted by Gasteiger charge is -2.34. The molecule has 146 valence electrons. The predicted octanol–water partition coefficient (Wildman–Crippen LogP) is 1.11. The zero-order valence-electron chi connectivity index (χ0n) is 14.0. The zero-order chi connectivity index (χ0) is 19.4. The number of pyridine rings is 1.